The van der Waals surface area contributed by atoms with Crippen LogP contribution in [-0.4, -0.2) is 34.9 Å². The molecule has 2 aromatic heterocycles. The maximum atomic E-state index is 12.6. The lowest BCUT2D eigenvalue weighted by atomic mass is 9.96. The molecule has 0 spiro atoms. The van der Waals surface area contributed by atoms with Gasteiger partial charge in [0, 0.05) is 19.0 Å². The number of carbonyl (C=O) groups excluding carboxylic acids is 2. The van der Waals surface area contributed by atoms with Crippen LogP contribution in [0.3, 0.4) is 0 Å². The van der Waals surface area contributed by atoms with Crippen LogP contribution in [0.5, 0.6) is 0 Å². The third-order valence-corrected chi connectivity index (χ3v) is 6.40. The molecule has 8 heteroatoms. The van der Waals surface area contributed by atoms with Gasteiger partial charge in [-0.25, -0.2) is 9.78 Å². The van der Waals surface area contributed by atoms with Crippen LogP contribution in [0.15, 0.2) is 35.7 Å². The number of nitrogens with one attached hydrogen (secondary N) is 2. The fourth-order valence-corrected chi connectivity index (χ4v) is 4.75. The van der Waals surface area contributed by atoms with E-state index in [9.17, 15) is 9.59 Å². The van der Waals surface area contributed by atoms with Gasteiger partial charge >= 0.3 is 6.03 Å². The van der Waals surface area contributed by atoms with E-state index in [0.29, 0.717) is 31.1 Å². The number of thiophene rings is 1. The first kappa shape index (κ1) is 17.9. The number of anilines is 2. The summed E-state index contributed by atoms with van der Waals surface area (Å²) in [7, 11) is 0. The summed E-state index contributed by atoms with van der Waals surface area (Å²) in [5.41, 5.74) is 2.08. The van der Waals surface area contributed by atoms with E-state index in [1.54, 1.807) is 4.90 Å². The van der Waals surface area contributed by atoms with E-state index in [1.165, 1.54) is 28.2 Å². The fraction of sp³-hybridized carbons (Fsp3) is 0.316. The van der Waals surface area contributed by atoms with Crippen LogP contribution >= 0.6 is 22.7 Å². The highest BCUT2D eigenvalue weighted by Crippen LogP contribution is 2.28. The molecule has 3 heterocycles. The van der Waals surface area contributed by atoms with Crippen molar-refractivity contribution in [1.82, 2.24) is 9.88 Å². The highest BCUT2D eigenvalue weighted by molar-refractivity contribution is 7.22. The summed E-state index contributed by atoms with van der Waals surface area (Å²) in [6, 6.07) is 9.75. The normalized spacial score (nSPS) is 15.1. The number of carbonyl (C=O) groups is 2. The van der Waals surface area contributed by atoms with E-state index in [1.807, 2.05) is 36.6 Å². The molecule has 140 valence electrons. The Hall–Kier alpha value is -2.45. The van der Waals surface area contributed by atoms with Crippen molar-refractivity contribution in [3.63, 3.8) is 0 Å². The SMILES string of the molecule is Cc1ccc2nc(NC(=O)C3CCN(C(=O)Nc4cccs4)CC3)sc2c1. The zero-order valence-electron chi connectivity index (χ0n) is 14.9. The van der Waals surface area contributed by atoms with E-state index in [-0.39, 0.29) is 17.9 Å². The van der Waals surface area contributed by atoms with Gasteiger partial charge in [0.1, 0.15) is 0 Å². The summed E-state index contributed by atoms with van der Waals surface area (Å²) in [6.45, 7) is 3.20. The second-order valence-corrected chi connectivity index (χ2v) is 8.63. The lowest BCUT2D eigenvalue weighted by Crippen LogP contribution is -2.43. The minimum atomic E-state index is -0.0992. The van der Waals surface area contributed by atoms with E-state index in [4.69, 9.17) is 0 Å². The topological polar surface area (TPSA) is 74.3 Å². The number of hydrogen-bond donors (Lipinski definition) is 2. The molecule has 0 unspecified atom stereocenters. The van der Waals surface area contributed by atoms with Crippen molar-refractivity contribution in [2.45, 2.75) is 19.8 Å². The number of fused-ring (bicyclic) bond motifs is 1. The third kappa shape index (κ3) is 4.12. The van der Waals surface area contributed by atoms with Crippen LogP contribution < -0.4 is 10.6 Å². The number of hydrogen-bond acceptors (Lipinski definition) is 5. The quantitative estimate of drug-likeness (QED) is 0.677. The van der Waals surface area contributed by atoms with Crippen molar-refractivity contribution in [2.24, 2.45) is 5.92 Å². The van der Waals surface area contributed by atoms with E-state index in [2.05, 4.69) is 21.7 Å². The molecule has 2 N–H and O–H groups in total. The predicted octanol–water partition coefficient (Wildman–Crippen LogP) is 4.55. The highest BCUT2D eigenvalue weighted by Gasteiger charge is 2.28. The van der Waals surface area contributed by atoms with Crippen molar-refractivity contribution >= 4 is 55.0 Å². The van der Waals surface area contributed by atoms with Crippen molar-refractivity contribution < 1.29 is 9.59 Å². The molecule has 3 aromatic rings. The summed E-state index contributed by atoms with van der Waals surface area (Å²) in [4.78, 5) is 31.1. The Morgan fingerprint density at radius 1 is 1.19 bits per heavy atom. The van der Waals surface area contributed by atoms with Crippen molar-refractivity contribution in [2.75, 3.05) is 23.7 Å². The van der Waals surface area contributed by atoms with Gasteiger partial charge in [-0.05, 0) is 55.0 Å². The monoisotopic (exact) mass is 400 g/mol. The molecule has 1 saturated heterocycles. The molecule has 4 rings (SSSR count). The maximum absolute atomic E-state index is 12.6. The third-order valence-electron chi connectivity index (χ3n) is 4.68. The van der Waals surface area contributed by atoms with Crippen LogP contribution in [-0.2, 0) is 4.79 Å². The number of rotatable bonds is 3. The number of aromatic nitrogens is 1. The molecule has 1 fully saturated rings. The number of amides is 3. The molecular weight excluding hydrogens is 380 g/mol. The molecule has 1 aliphatic rings. The van der Waals surface area contributed by atoms with Gasteiger partial charge in [-0.15, -0.1) is 11.3 Å². The molecule has 0 aliphatic carbocycles. The number of urea groups is 1. The highest BCUT2D eigenvalue weighted by atomic mass is 32.1. The molecule has 27 heavy (non-hydrogen) atoms. The first-order chi connectivity index (χ1) is 13.1. The first-order valence-electron chi connectivity index (χ1n) is 8.86. The van der Waals surface area contributed by atoms with Crippen molar-refractivity contribution in [3.8, 4) is 0 Å². The minimum absolute atomic E-state index is 0.0101. The Kier molecular flexibility index (Phi) is 5.09. The lowest BCUT2D eigenvalue weighted by molar-refractivity contribution is -0.121. The molecule has 6 nitrogen and oxygen atoms in total. The van der Waals surface area contributed by atoms with Crippen LogP contribution in [0.1, 0.15) is 18.4 Å². The number of aryl methyl sites for hydroxylation is 1. The largest absolute Gasteiger partial charge is 0.324 e. The summed E-state index contributed by atoms with van der Waals surface area (Å²) < 4.78 is 1.07. The van der Waals surface area contributed by atoms with Gasteiger partial charge in [0.15, 0.2) is 5.13 Å². The summed E-state index contributed by atoms with van der Waals surface area (Å²) in [5.74, 6) is -0.103. The zero-order chi connectivity index (χ0) is 18.8. The fourth-order valence-electron chi connectivity index (χ4n) is 3.17. The molecule has 0 radical (unpaired) electrons. The van der Waals surface area contributed by atoms with Gasteiger partial charge in [0.25, 0.3) is 0 Å². The zero-order valence-corrected chi connectivity index (χ0v) is 16.5. The van der Waals surface area contributed by atoms with Gasteiger partial charge < -0.3 is 10.2 Å². The second kappa shape index (κ2) is 7.66. The number of nitrogens with zero attached hydrogens (tertiary/aromatic N) is 2. The van der Waals surface area contributed by atoms with E-state index < -0.39 is 0 Å². The number of thiazole rings is 1. The predicted molar refractivity (Wildman–Crippen MR) is 111 cm³/mol. The maximum Gasteiger partial charge on any atom is 0.322 e. The van der Waals surface area contributed by atoms with Crippen LogP contribution in [0.25, 0.3) is 10.2 Å². The standard InChI is InChI=1S/C19H20N4O2S2/c1-12-4-5-14-15(11-12)27-18(20-14)22-17(24)13-6-8-23(9-7-13)19(25)21-16-3-2-10-26-16/h2-5,10-11,13H,6-9H2,1H3,(H,21,25)(H,20,22,24). The summed E-state index contributed by atoms with van der Waals surface area (Å²) >= 11 is 2.99. The molecule has 0 saturated carbocycles. The first-order valence-corrected chi connectivity index (χ1v) is 10.6. The summed E-state index contributed by atoms with van der Waals surface area (Å²) in [6.07, 6.45) is 1.32. The molecule has 0 atom stereocenters. The Labute approximate surface area is 165 Å². The average Bonchev–Trinajstić information content (AvgIpc) is 3.30. The number of benzene rings is 1. The molecule has 0 bridgehead atoms. The minimum Gasteiger partial charge on any atom is -0.324 e. The van der Waals surface area contributed by atoms with E-state index in [0.717, 1.165) is 15.2 Å². The van der Waals surface area contributed by atoms with E-state index >= 15 is 0 Å². The van der Waals surface area contributed by atoms with Crippen LogP contribution in [0.4, 0.5) is 14.9 Å². The van der Waals surface area contributed by atoms with Crippen LogP contribution in [0.2, 0.25) is 0 Å². The Morgan fingerprint density at radius 2 is 2.00 bits per heavy atom. The van der Waals surface area contributed by atoms with Gasteiger partial charge in [0.2, 0.25) is 5.91 Å². The molecule has 1 aromatic carbocycles. The Bertz CT molecular complexity index is 959. The van der Waals surface area contributed by atoms with Crippen molar-refractivity contribution in [1.29, 1.82) is 0 Å². The Morgan fingerprint density at radius 3 is 2.74 bits per heavy atom. The van der Waals surface area contributed by atoms with Crippen LogP contribution in [0, 0.1) is 12.8 Å². The molecule has 3 amide bonds. The average molecular weight is 401 g/mol. The Balaban J connectivity index is 1.32. The number of piperidine rings is 1. The smallest absolute Gasteiger partial charge is 0.322 e. The van der Waals surface area contributed by atoms with Gasteiger partial charge in [-0.1, -0.05) is 17.4 Å². The van der Waals surface area contributed by atoms with Crippen molar-refractivity contribution in [3.05, 3.63) is 41.3 Å². The lowest BCUT2D eigenvalue weighted by Gasteiger charge is -2.31. The molecule has 1 aliphatic heterocycles. The molecular formula is C19H20N4O2S2. The number of likely N-dealkylation sites (tertiary alicyclic amines) is 1. The summed E-state index contributed by atoms with van der Waals surface area (Å²) in [5, 5.41) is 9.25. The van der Waals surface area contributed by atoms with Gasteiger partial charge in [-0.3, -0.25) is 10.1 Å². The second-order valence-electron chi connectivity index (χ2n) is 6.65. The van der Waals surface area contributed by atoms with Gasteiger partial charge in [-0.2, -0.15) is 0 Å². The van der Waals surface area contributed by atoms with Gasteiger partial charge in [0.05, 0.1) is 15.2 Å².